The van der Waals surface area contributed by atoms with Gasteiger partial charge in [-0.15, -0.1) is 11.3 Å². The highest BCUT2D eigenvalue weighted by molar-refractivity contribution is 7.18. The summed E-state index contributed by atoms with van der Waals surface area (Å²) < 4.78 is 1.17. The van der Waals surface area contributed by atoms with Crippen molar-refractivity contribution in [3.63, 3.8) is 0 Å². The zero-order valence-electron chi connectivity index (χ0n) is 21.5. The van der Waals surface area contributed by atoms with Gasteiger partial charge < -0.3 is 15.3 Å². The molecule has 2 aromatic carbocycles. The van der Waals surface area contributed by atoms with Crippen LogP contribution in [-0.2, 0) is 4.79 Å². The van der Waals surface area contributed by atoms with Gasteiger partial charge in [-0.3, -0.25) is 4.79 Å². The Morgan fingerprint density at radius 1 is 1.17 bits per heavy atom. The van der Waals surface area contributed by atoms with Crippen molar-refractivity contribution in [2.24, 2.45) is 5.92 Å². The zero-order chi connectivity index (χ0) is 24.9. The Morgan fingerprint density at radius 3 is 2.63 bits per heavy atom. The summed E-state index contributed by atoms with van der Waals surface area (Å²) >= 11 is 1.71. The lowest BCUT2D eigenvalue weighted by atomic mass is 9.90. The molecule has 1 fully saturated rings. The van der Waals surface area contributed by atoms with Crippen LogP contribution in [0.15, 0.2) is 36.4 Å². The van der Waals surface area contributed by atoms with E-state index < -0.39 is 5.97 Å². The summed E-state index contributed by atoms with van der Waals surface area (Å²) in [7, 11) is 0. The van der Waals surface area contributed by atoms with E-state index in [4.69, 9.17) is 0 Å². The second-order valence-corrected chi connectivity index (χ2v) is 11.6. The number of carboxylic acids is 1. The molecule has 1 aromatic heterocycles. The van der Waals surface area contributed by atoms with E-state index in [1.165, 1.54) is 42.5 Å². The minimum absolute atomic E-state index is 0.00181. The summed E-state index contributed by atoms with van der Waals surface area (Å²) in [6.07, 6.45) is 7.33. The average Bonchev–Trinajstić information content (AvgIpc) is 3.21. The Bertz CT molecular complexity index is 1150. The molecule has 1 saturated carbocycles. The molecule has 5 nitrogen and oxygen atoms in total. The van der Waals surface area contributed by atoms with E-state index in [9.17, 15) is 9.90 Å². The highest BCUT2D eigenvalue weighted by Gasteiger charge is 2.25. The number of thiazole rings is 1. The van der Waals surface area contributed by atoms with E-state index >= 15 is 0 Å². The van der Waals surface area contributed by atoms with Crippen molar-refractivity contribution in [2.45, 2.75) is 84.6 Å². The van der Waals surface area contributed by atoms with Crippen molar-refractivity contribution in [1.29, 1.82) is 0 Å². The molecule has 35 heavy (non-hydrogen) atoms. The van der Waals surface area contributed by atoms with Gasteiger partial charge in [-0.05, 0) is 73.9 Å². The highest BCUT2D eigenvalue weighted by atomic mass is 32.1. The van der Waals surface area contributed by atoms with Gasteiger partial charge in [0.2, 0.25) is 0 Å². The quantitative estimate of drug-likeness (QED) is 0.299. The molecule has 1 atom stereocenters. The van der Waals surface area contributed by atoms with Gasteiger partial charge in [-0.1, -0.05) is 46.1 Å². The number of benzene rings is 2. The third kappa shape index (κ3) is 6.35. The summed E-state index contributed by atoms with van der Waals surface area (Å²) in [6.45, 7) is 9.70. The molecule has 2 N–H and O–H groups in total. The maximum Gasteiger partial charge on any atom is 0.303 e. The first-order chi connectivity index (χ1) is 16.8. The number of hydrogen-bond acceptors (Lipinski definition) is 5. The number of nitrogens with zero attached hydrogens (tertiary/aromatic N) is 2. The highest BCUT2D eigenvalue weighted by Crippen LogP contribution is 2.38. The van der Waals surface area contributed by atoms with Gasteiger partial charge in [0.1, 0.15) is 0 Å². The fraction of sp³-hybridized carbons (Fsp3) is 0.517. The topological polar surface area (TPSA) is 65.5 Å². The van der Waals surface area contributed by atoms with Gasteiger partial charge in [0.05, 0.1) is 33.0 Å². The summed E-state index contributed by atoms with van der Waals surface area (Å²) in [5.74, 6) is -0.191. The van der Waals surface area contributed by atoms with Crippen molar-refractivity contribution >= 4 is 44.6 Å². The first-order valence-electron chi connectivity index (χ1n) is 13.1. The largest absolute Gasteiger partial charge is 0.481 e. The minimum Gasteiger partial charge on any atom is -0.481 e. The standard InChI is InChI=1S/C29H39N3O2S/c1-5-21(16-29(33)34)22-11-14-27(32(18-19(2)3)24-9-7-6-8-10-24)26(15-22)31-23-12-13-25-28(17-23)35-20(4)30-25/h11-15,17,19,21,24,31H,5-10,16,18H2,1-4H3,(H,33,34). The van der Waals surface area contributed by atoms with E-state index in [-0.39, 0.29) is 12.3 Å². The Balaban J connectivity index is 1.76. The molecular weight excluding hydrogens is 454 g/mol. The van der Waals surface area contributed by atoms with Crippen LogP contribution in [-0.4, -0.2) is 28.6 Å². The number of hydrogen-bond donors (Lipinski definition) is 2. The predicted molar refractivity (Wildman–Crippen MR) is 148 cm³/mol. The molecule has 6 heteroatoms. The number of fused-ring (bicyclic) bond motifs is 1. The molecule has 0 saturated heterocycles. The van der Waals surface area contributed by atoms with E-state index in [1.807, 2.05) is 6.92 Å². The zero-order valence-corrected chi connectivity index (χ0v) is 22.3. The van der Waals surface area contributed by atoms with Crippen LogP contribution in [0.3, 0.4) is 0 Å². The average molecular weight is 494 g/mol. The van der Waals surface area contributed by atoms with Crippen molar-refractivity contribution < 1.29 is 9.90 Å². The minimum atomic E-state index is -0.745. The van der Waals surface area contributed by atoms with Crippen LogP contribution < -0.4 is 10.2 Å². The normalized spacial score (nSPS) is 15.5. The summed E-state index contributed by atoms with van der Waals surface area (Å²) in [5, 5.41) is 14.3. The molecular formula is C29H39N3O2S. The predicted octanol–water partition coefficient (Wildman–Crippen LogP) is 8.11. The lowest BCUT2D eigenvalue weighted by Gasteiger charge is -2.38. The van der Waals surface area contributed by atoms with Gasteiger partial charge in [0.15, 0.2) is 0 Å². The number of carboxylic acid groups (broad SMARTS) is 1. The van der Waals surface area contributed by atoms with E-state index in [2.05, 4.69) is 72.4 Å². The Morgan fingerprint density at radius 2 is 1.94 bits per heavy atom. The number of carbonyl (C=O) groups is 1. The second kappa shape index (κ2) is 11.4. The van der Waals surface area contributed by atoms with Crippen LogP contribution in [0, 0.1) is 12.8 Å². The molecule has 188 valence electrons. The van der Waals surface area contributed by atoms with Crippen LogP contribution in [0.1, 0.15) is 82.2 Å². The number of aliphatic carboxylic acids is 1. The molecule has 1 aliphatic carbocycles. The molecule has 0 aliphatic heterocycles. The number of rotatable bonds is 10. The van der Waals surface area contributed by atoms with E-state index in [0.717, 1.165) is 40.4 Å². The van der Waals surface area contributed by atoms with Crippen molar-refractivity contribution in [1.82, 2.24) is 4.98 Å². The first-order valence-corrected chi connectivity index (χ1v) is 13.9. The number of aryl methyl sites for hydroxylation is 1. The fourth-order valence-corrected chi connectivity index (χ4v) is 6.24. The first kappa shape index (κ1) is 25.5. The summed E-state index contributed by atoms with van der Waals surface area (Å²) in [6, 6.07) is 13.5. The van der Waals surface area contributed by atoms with Crippen LogP contribution in [0.2, 0.25) is 0 Å². The van der Waals surface area contributed by atoms with Gasteiger partial charge in [-0.25, -0.2) is 4.98 Å². The molecule has 0 spiro atoms. The maximum atomic E-state index is 11.5. The van der Waals surface area contributed by atoms with Crippen LogP contribution in [0.4, 0.5) is 17.1 Å². The molecule has 3 aromatic rings. The van der Waals surface area contributed by atoms with Gasteiger partial charge in [0, 0.05) is 18.3 Å². The van der Waals surface area contributed by atoms with Crippen molar-refractivity contribution in [2.75, 3.05) is 16.8 Å². The number of anilines is 3. The lowest BCUT2D eigenvalue weighted by Crippen LogP contribution is -2.39. The van der Waals surface area contributed by atoms with Gasteiger partial charge >= 0.3 is 5.97 Å². The smallest absolute Gasteiger partial charge is 0.303 e. The second-order valence-electron chi connectivity index (χ2n) is 10.4. The maximum absolute atomic E-state index is 11.5. The van der Waals surface area contributed by atoms with Gasteiger partial charge in [0.25, 0.3) is 0 Å². The van der Waals surface area contributed by atoms with E-state index in [1.54, 1.807) is 11.3 Å². The monoisotopic (exact) mass is 493 g/mol. The molecule has 0 amide bonds. The SMILES string of the molecule is CCC(CC(=O)O)c1ccc(N(CC(C)C)C2CCCCC2)c(Nc2ccc3nc(C)sc3c2)c1. The number of nitrogens with one attached hydrogen (secondary N) is 1. The molecule has 4 rings (SSSR count). The Labute approximate surface area is 213 Å². The van der Waals surface area contributed by atoms with Crippen LogP contribution in [0.5, 0.6) is 0 Å². The Hall–Kier alpha value is -2.60. The molecule has 0 radical (unpaired) electrons. The van der Waals surface area contributed by atoms with Crippen LogP contribution in [0.25, 0.3) is 10.2 Å². The van der Waals surface area contributed by atoms with E-state index in [0.29, 0.717) is 12.0 Å². The molecule has 1 unspecified atom stereocenters. The third-order valence-electron chi connectivity index (χ3n) is 7.07. The molecule has 0 bridgehead atoms. The lowest BCUT2D eigenvalue weighted by molar-refractivity contribution is -0.137. The summed E-state index contributed by atoms with van der Waals surface area (Å²) in [5.41, 5.74) is 5.45. The van der Waals surface area contributed by atoms with Crippen molar-refractivity contribution in [3.8, 4) is 0 Å². The fourth-order valence-electron chi connectivity index (χ4n) is 5.37. The van der Waals surface area contributed by atoms with Crippen molar-refractivity contribution in [3.05, 3.63) is 47.0 Å². The summed E-state index contributed by atoms with van der Waals surface area (Å²) in [4.78, 5) is 18.7. The van der Waals surface area contributed by atoms with Crippen LogP contribution >= 0.6 is 11.3 Å². The Kier molecular flexibility index (Phi) is 8.32. The van der Waals surface area contributed by atoms with Gasteiger partial charge in [-0.2, -0.15) is 0 Å². The molecule has 1 aliphatic rings. The number of aromatic nitrogens is 1. The molecule has 1 heterocycles. The third-order valence-corrected chi connectivity index (χ3v) is 8.00.